The van der Waals surface area contributed by atoms with E-state index >= 15 is 0 Å². The molecule has 1 N–H and O–H groups in total. The van der Waals surface area contributed by atoms with Gasteiger partial charge >= 0.3 is 5.97 Å². The van der Waals surface area contributed by atoms with E-state index in [1.54, 1.807) is 13.3 Å². The van der Waals surface area contributed by atoms with Crippen molar-refractivity contribution in [1.29, 1.82) is 0 Å². The molecule has 1 aromatic rings. The maximum Gasteiger partial charge on any atom is 0.311 e. The fraction of sp³-hybridized carbons (Fsp3) is 0.625. The molecule has 1 fully saturated rings. The molecule has 0 aromatic carbocycles. The molecule has 1 saturated heterocycles. The second kappa shape index (κ2) is 6.89. The number of pyridine rings is 1. The molecule has 5 nitrogen and oxygen atoms in total. The van der Waals surface area contributed by atoms with E-state index in [-0.39, 0.29) is 0 Å². The molecule has 1 atom stereocenters. The molecule has 21 heavy (non-hydrogen) atoms. The Hall–Kier alpha value is -1.62. The Morgan fingerprint density at radius 3 is 3.05 bits per heavy atom. The maximum absolute atomic E-state index is 11.8. The number of carbonyl (C=O) groups is 1. The number of carboxylic acid groups (broad SMARTS) is 1. The lowest BCUT2D eigenvalue weighted by Crippen LogP contribution is -2.48. The highest BCUT2D eigenvalue weighted by atomic mass is 16.5. The van der Waals surface area contributed by atoms with Crippen LogP contribution in [0.2, 0.25) is 0 Å². The zero-order valence-electron chi connectivity index (χ0n) is 12.8. The Bertz CT molecular complexity index is 492. The highest BCUT2D eigenvalue weighted by Crippen LogP contribution is 2.37. The van der Waals surface area contributed by atoms with E-state index in [0.29, 0.717) is 19.6 Å². The summed E-state index contributed by atoms with van der Waals surface area (Å²) in [5.74, 6) is -0.686. The molecule has 0 bridgehead atoms. The third-order valence-electron chi connectivity index (χ3n) is 4.28. The van der Waals surface area contributed by atoms with Crippen LogP contribution in [0.15, 0.2) is 18.3 Å². The topological polar surface area (TPSA) is 62.7 Å². The lowest BCUT2D eigenvalue weighted by Gasteiger charge is -2.41. The molecule has 116 valence electrons. The van der Waals surface area contributed by atoms with Crippen LogP contribution in [-0.4, -0.2) is 42.9 Å². The minimum absolute atomic E-state index is 0.565. The smallest absolute Gasteiger partial charge is 0.311 e. The van der Waals surface area contributed by atoms with Gasteiger partial charge in [0.05, 0.1) is 5.41 Å². The molecule has 1 aliphatic rings. The monoisotopic (exact) mass is 292 g/mol. The summed E-state index contributed by atoms with van der Waals surface area (Å²) in [6, 6.07) is 3.98. The molecule has 0 radical (unpaired) electrons. The zero-order chi connectivity index (χ0) is 15.3. The van der Waals surface area contributed by atoms with E-state index in [0.717, 1.165) is 37.2 Å². The average Bonchev–Trinajstić information content (AvgIpc) is 2.48. The summed E-state index contributed by atoms with van der Waals surface area (Å²) in [5, 5.41) is 9.73. The van der Waals surface area contributed by atoms with Gasteiger partial charge in [0.2, 0.25) is 0 Å². The van der Waals surface area contributed by atoms with Gasteiger partial charge in [0.25, 0.3) is 0 Å². The molecule has 1 aliphatic heterocycles. The number of piperidine rings is 1. The van der Waals surface area contributed by atoms with Crippen molar-refractivity contribution in [3.05, 3.63) is 24.0 Å². The third-order valence-corrected chi connectivity index (χ3v) is 4.28. The largest absolute Gasteiger partial charge is 0.481 e. The van der Waals surface area contributed by atoms with Gasteiger partial charge < -0.3 is 14.7 Å². The number of anilines is 1. The number of ether oxygens (including phenoxy) is 1. The summed E-state index contributed by atoms with van der Waals surface area (Å²) < 4.78 is 5.07. The Balaban J connectivity index is 2.14. The van der Waals surface area contributed by atoms with Crippen LogP contribution in [0, 0.1) is 12.3 Å². The highest BCUT2D eigenvalue weighted by molar-refractivity contribution is 5.76. The van der Waals surface area contributed by atoms with Gasteiger partial charge in [-0.15, -0.1) is 0 Å². The minimum Gasteiger partial charge on any atom is -0.481 e. The first kappa shape index (κ1) is 15.8. The number of hydrogen-bond donors (Lipinski definition) is 1. The van der Waals surface area contributed by atoms with Crippen LogP contribution in [0.5, 0.6) is 0 Å². The summed E-state index contributed by atoms with van der Waals surface area (Å²) in [5.41, 5.74) is 1.37. The number of aryl methyl sites for hydroxylation is 1. The number of rotatable bonds is 6. The fourth-order valence-electron chi connectivity index (χ4n) is 3.12. The van der Waals surface area contributed by atoms with Crippen molar-refractivity contribution in [3.63, 3.8) is 0 Å². The first-order valence-electron chi connectivity index (χ1n) is 7.47. The fourth-order valence-corrected chi connectivity index (χ4v) is 3.12. The van der Waals surface area contributed by atoms with Crippen molar-refractivity contribution in [1.82, 2.24) is 4.98 Å². The molecule has 1 aromatic heterocycles. The van der Waals surface area contributed by atoms with Crippen molar-refractivity contribution in [2.75, 3.05) is 31.7 Å². The van der Waals surface area contributed by atoms with E-state index in [4.69, 9.17) is 4.74 Å². The van der Waals surface area contributed by atoms with Crippen LogP contribution in [0.3, 0.4) is 0 Å². The van der Waals surface area contributed by atoms with Gasteiger partial charge in [0.1, 0.15) is 0 Å². The normalized spacial score (nSPS) is 22.3. The number of hydrogen-bond acceptors (Lipinski definition) is 4. The maximum atomic E-state index is 11.8. The van der Waals surface area contributed by atoms with E-state index in [2.05, 4.69) is 9.88 Å². The van der Waals surface area contributed by atoms with Crippen molar-refractivity contribution in [2.24, 2.45) is 5.41 Å². The Morgan fingerprint density at radius 1 is 1.57 bits per heavy atom. The molecule has 0 spiro atoms. The molecule has 5 heteroatoms. The van der Waals surface area contributed by atoms with E-state index in [1.807, 2.05) is 19.1 Å². The predicted molar refractivity (Wildman–Crippen MR) is 81.6 cm³/mol. The van der Waals surface area contributed by atoms with Crippen molar-refractivity contribution in [3.8, 4) is 0 Å². The Labute approximate surface area is 125 Å². The lowest BCUT2D eigenvalue weighted by atomic mass is 9.76. The van der Waals surface area contributed by atoms with E-state index in [1.165, 1.54) is 0 Å². The van der Waals surface area contributed by atoms with Crippen LogP contribution < -0.4 is 4.90 Å². The van der Waals surface area contributed by atoms with Gasteiger partial charge in [0, 0.05) is 44.4 Å². The summed E-state index contributed by atoms with van der Waals surface area (Å²) in [7, 11) is 1.65. The molecule has 2 heterocycles. The first-order chi connectivity index (χ1) is 10.1. The lowest BCUT2D eigenvalue weighted by molar-refractivity contribution is -0.150. The number of carboxylic acids is 1. The van der Waals surface area contributed by atoms with Gasteiger partial charge in [-0.05, 0) is 44.7 Å². The van der Waals surface area contributed by atoms with E-state index < -0.39 is 11.4 Å². The van der Waals surface area contributed by atoms with Crippen molar-refractivity contribution >= 4 is 11.7 Å². The summed E-state index contributed by atoms with van der Waals surface area (Å²) in [6.45, 7) is 4.04. The summed E-state index contributed by atoms with van der Waals surface area (Å²) in [6.07, 6.45) is 4.88. The zero-order valence-corrected chi connectivity index (χ0v) is 12.8. The first-order valence-corrected chi connectivity index (χ1v) is 7.47. The highest BCUT2D eigenvalue weighted by Gasteiger charge is 2.41. The molecular formula is C16H24N2O3. The number of aromatic nitrogens is 1. The van der Waals surface area contributed by atoms with Gasteiger partial charge in [-0.3, -0.25) is 9.78 Å². The number of aliphatic carboxylic acids is 1. The SMILES string of the molecule is COCCC[C@]1(C(=O)O)CCCN(c2ccnc(C)c2)C1. The van der Waals surface area contributed by atoms with Crippen LogP contribution in [0.4, 0.5) is 5.69 Å². The van der Waals surface area contributed by atoms with Crippen LogP contribution in [0.1, 0.15) is 31.4 Å². The van der Waals surface area contributed by atoms with Gasteiger partial charge in [-0.1, -0.05) is 0 Å². The second-order valence-electron chi connectivity index (χ2n) is 5.86. The third kappa shape index (κ3) is 3.73. The quantitative estimate of drug-likeness (QED) is 0.816. The van der Waals surface area contributed by atoms with Crippen molar-refractivity contribution < 1.29 is 14.6 Å². The molecular weight excluding hydrogens is 268 g/mol. The number of methoxy groups -OCH3 is 1. The molecule has 0 saturated carbocycles. The van der Waals surface area contributed by atoms with Gasteiger partial charge in [-0.25, -0.2) is 0 Å². The summed E-state index contributed by atoms with van der Waals surface area (Å²) in [4.78, 5) is 18.2. The second-order valence-corrected chi connectivity index (χ2v) is 5.86. The average molecular weight is 292 g/mol. The molecule has 0 aliphatic carbocycles. The molecule has 0 amide bonds. The van der Waals surface area contributed by atoms with Gasteiger partial charge in [0.15, 0.2) is 0 Å². The van der Waals surface area contributed by atoms with Crippen molar-refractivity contribution in [2.45, 2.75) is 32.6 Å². The van der Waals surface area contributed by atoms with Crippen LogP contribution in [0.25, 0.3) is 0 Å². The van der Waals surface area contributed by atoms with Gasteiger partial charge in [-0.2, -0.15) is 0 Å². The Morgan fingerprint density at radius 2 is 2.38 bits per heavy atom. The van der Waals surface area contributed by atoms with Crippen LogP contribution in [-0.2, 0) is 9.53 Å². The predicted octanol–water partition coefficient (Wildman–Crippen LogP) is 2.49. The Kier molecular flexibility index (Phi) is 5.17. The number of nitrogens with zero attached hydrogens (tertiary/aromatic N) is 2. The van der Waals surface area contributed by atoms with E-state index in [9.17, 15) is 9.90 Å². The van der Waals surface area contributed by atoms with Crippen LogP contribution >= 0.6 is 0 Å². The molecule has 2 rings (SSSR count). The minimum atomic E-state index is -0.686. The molecule has 0 unspecified atom stereocenters. The summed E-state index contributed by atoms with van der Waals surface area (Å²) >= 11 is 0. The standard InChI is InChI=1S/C16H24N2O3/c1-13-11-14(5-8-17-13)18-9-3-6-16(12-18,15(19)20)7-4-10-21-2/h5,8,11H,3-4,6-7,9-10,12H2,1-2H3,(H,19,20)/t16-/m1/s1.